The number of nitrogens with zero attached hydrogens (tertiary/aromatic N) is 1. The number of rotatable bonds is 6. The first kappa shape index (κ1) is 20.9. The van der Waals surface area contributed by atoms with Gasteiger partial charge >= 0.3 is 0 Å². The molecule has 0 heterocycles. The highest BCUT2D eigenvalue weighted by atomic mass is 31.1. The fourth-order valence-corrected chi connectivity index (χ4v) is 9.67. The highest BCUT2D eigenvalue weighted by Gasteiger charge is 2.46. The highest BCUT2D eigenvalue weighted by Crippen LogP contribution is 2.69. The van der Waals surface area contributed by atoms with Crippen molar-refractivity contribution in [2.75, 3.05) is 14.1 Å². The van der Waals surface area contributed by atoms with Crippen LogP contribution >= 0.6 is 7.92 Å². The second kappa shape index (κ2) is 10.1. The molecule has 3 aliphatic carbocycles. The molecule has 4 rings (SSSR count). The number of hydrogen-bond donors (Lipinski definition) is 0. The van der Waals surface area contributed by atoms with Gasteiger partial charge in [-0.15, -0.1) is 0 Å². The lowest BCUT2D eigenvalue weighted by atomic mass is 9.90. The first-order valence-electron chi connectivity index (χ1n) is 11.5. The standard InChI is InChI=1S/C26H37NP/c1-27(2)26(21-13-6-3-7-14-21)24-19-12-20-25(24)28(22-15-8-4-9-16-22)23-17-10-5-11-18-23/h3,6-7,12-14,19-20,22-23,26H,4-5,8-11,15-18H2,1-2H3. The Hall–Kier alpha value is -0.390. The van der Waals surface area contributed by atoms with Gasteiger partial charge in [-0.3, -0.25) is 0 Å². The maximum Gasteiger partial charge on any atom is 0.0416 e. The average molecular weight is 395 g/mol. The molecule has 0 bridgehead atoms. The van der Waals surface area contributed by atoms with Crippen LogP contribution in [0.4, 0.5) is 0 Å². The fraction of sp³-hybridized carbons (Fsp3) is 0.577. The van der Waals surface area contributed by atoms with Gasteiger partial charge in [0.2, 0.25) is 0 Å². The predicted octanol–water partition coefficient (Wildman–Crippen LogP) is 7.17. The fourth-order valence-electron chi connectivity index (χ4n) is 5.69. The summed E-state index contributed by atoms with van der Waals surface area (Å²) in [4.78, 5) is 2.42. The first-order valence-corrected chi connectivity index (χ1v) is 13.0. The third-order valence-electron chi connectivity index (χ3n) is 6.97. The molecule has 0 spiro atoms. The summed E-state index contributed by atoms with van der Waals surface area (Å²) < 4.78 is 0. The van der Waals surface area contributed by atoms with Gasteiger partial charge in [0.25, 0.3) is 0 Å². The van der Waals surface area contributed by atoms with Crippen molar-refractivity contribution in [1.29, 1.82) is 0 Å². The molecule has 3 saturated carbocycles. The molecule has 1 nitrogen and oxygen atoms in total. The summed E-state index contributed by atoms with van der Waals surface area (Å²) in [6.45, 7) is 0. The van der Waals surface area contributed by atoms with Crippen LogP contribution in [0.5, 0.6) is 0 Å². The van der Waals surface area contributed by atoms with Gasteiger partial charge in [-0.05, 0) is 75.9 Å². The van der Waals surface area contributed by atoms with Gasteiger partial charge in [-0.1, -0.05) is 76.8 Å². The van der Waals surface area contributed by atoms with Gasteiger partial charge in [-0.25, -0.2) is 0 Å². The van der Waals surface area contributed by atoms with Crippen molar-refractivity contribution >= 4 is 7.92 Å². The molecule has 3 fully saturated rings. The molecule has 2 heteroatoms. The Morgan fingerprint density at radius 2 is 1.36 bits per heavy atom. The summed E-state index contributed by atoms with van der Waals surface area (Å²) in [5.74, 6) is 1.60. The molecule has 0 N–H and O–H groups in total. The second-order valence-corrected chi connectivity index (χ2v) is 11.9. The van der Waals surface area contributed by atoms with Crippen molar-refractivity contribution in [2.24, 2.45) is 0 Å². The summed E-state index contributed by atoms with van der Waals surface area (Å²) in [6, 6.07) is 11.5. The second-order valence-electron chi connectivity index (χ2n) is 9.13. The van der Waals surface area contributed by atoms with E-state index in [1.54, 1.807) is 11.6 Å². The molecule has 1 aromatic rings. The Morgan fingerprint density at radius 1 is 0.786 bits per heavy atom. The molecule has 5 radical (unpaired) electrons. The van der Waals surface area contributed by atoms with E-state index in [2.05, 4.69) is 68.6 Å². The van der Waals surface area contributed by atoms with Crippen LogP contribution in [0.3, 0.4) is 0 Å². The van der Waals surface area contributed by atoms with Gasteiger partial charge in [0.05, 0.1) is 0 Å². The van der Waals surface area contributed by atoms with E-state index in [0.717, 1.165) is 11.3 Å². The zero-order valence-corrected chi connectivity index (χ0v) is 18.7. The van der Waals surface area contributed by atoms with Crippen molar-refractivity contribution in [1.82, 2.24) is 4.90 Å². The van der Waals surface area contributed by atoms with Crippen LogP contribution in [-0.2, 0) is 0 Å². The van der Waals surface area contributed by atoms with Crippen LogP contribution in [0, 0.1) is 30.8 Å². The van der Waals surface area contributed by atoms with Crippen LogP contribution in [0.25, 0.3) is 0 Å². The van der Waals surface area contributed by atoms with Gasteiger partial charge in [0.15, 0.2) is 0 Å². The van der Waals surface area contributed by atoms with E-state index >= 15 is 0 Å². The molecule has 28 heavy (non-hydrogen) atoms. The Kier molecular flexibility index (Phi) is 7.51. The summed E-state index contributed by atoms with van der Waals surface area (Å²) in [6.07, 6.45) is 22.0. The van der Waals surface area contributed by atoms with Gasteiger partial charge in [-0.2, -0.15) is 0 Å². The Morgan fingerprint density at radius 3 is 1.89 bits per heavy atom. The maximum absolute atomic E-state index is 2.52. The molecule has 0 aromatic heterocycles. The third-order valence-corrected chi connectivity index (χ3v) is 10.5. The van der Waals surface area contributed by atoms with Crippen LogP contribution in [0.15, 0.2) is 30.3 Å². The van der Waals surface area contributed by atoms with Gasteiger partial charge in [0, 0.05) is 17.6 Å². The lowest BCUT2D eigenvalue weighted by Crippen LogP contribution is -2.31. The van der Waals surface area contributed by atoms with E-state index in [4.69, 9.17) is 0 Å². The Bertz CT molecular complexity index is 555. The quantitative estimate of drug-likeness (QED) is 0.462. The van der Waals surface area contributed by atoms with E-state index in [1.165, 1.54) is 69.8 Å². The van der Waals surface area contributed by atoms with E-state index in [-0.39, 0.29) is 7.92 Å². The van der Waals surface area contributed by atoms with Crippen molar-refractivity contribution in [3.05, 3.63) is 66.7 Å². The number of hydrogen-bond acceptors (Lipinski definition) is 1. The first-order chi connectivity index (χ1) is 13.8. The lowest BCUT2D eigenvalue weighted by molar-refractivity contribution is 0.319. The molecule has 151 valence electrons. The minimum atomic E-state index is -0.0501. The van der Waals surface area contributed by atoms with Crippen LogP contribution < -0.4 is 0 Å². The summed E-state index contributed by atoms with van der Waals surface area (Å²) in [5.41, 5.74) is 5.11. The molecular formula is C26H37NP. The molecular weight excluding hydrogens is 357 g/mol. The monoisotopic (exact) mass is 394 g/mol. The van der Waals surface area contributed by atoms with Crippen molar-refractivity contribution in [3.8, 4) is 0 Å². The molecule has 1 atom stereocenters. The summed E-state index contributed by atoms with van der Waals surface area (Å²) in [5, 5.41) is 0. The van der Waals surface area contributed by atoms with E-state index in [0.29, 0.717) is 6.04 Å². The molecule has 0 saturated heterocycles. The minimum absolute atomic E-state index is 0.0501. The summed E-state index contributed by atoms with van der Waals surface area (Å²) in [7, 11) is 4.45. The molecule has 0 amide bonds. The normalized spacial score (nSPS) is 25.0. The number of benzene rings is 1. The topological polar surface area (TPSA) is 3.24 Å². The van der Waals surface area contributed by atoms with Gasteiger partial charge in [0.1, 0.15) is 0 Å². The highest BCUT2D eigenvalue weighted by molar-refractivity contribution is 7.63. The molecule has 3 aliphatic rings. The molecule has 1 aromatic carbocycles. The van der Waals surface area contributed by atoms with Crippen molar-refractivity contribution < 1.29 is 0 Å². The van der Waals surface area contributed by atoms with Crippen molar-refractivity contribution in [3.63, 3.8) is 0 Å². The predicted molar refractivity (Wildman–Crippen MR) is 123 cm³/mol. The summed E-state index contributed by atoms with van der Waals surface area (Å²) >= 11 is 0. The van der Waals surface area contributed by atoms with Crippen LogP contribution in [-0.4, -0.2) is 30.3 Å². The Labute approximate surface area is 175 Å². The largest absolute Gasteiger partial charge is 0.302 e. The molecule has 1 unspecified atom stereocenters. The smallest absolute Gasteiger partial charge is 0.0416 e. The van der Waals surface area contributed by atoms with Crippen LogP contribution in [0.2, 0.25) is 0 Å². The van der Waals surface area contributed by atoms with E-state index in [9.17, 15) is 0 Å². The maximum atomic E-state index is 2.52. The van der Waals surface area contributed by atoms with Gasteiger partial charge < -0.3 is 4.90 Å². The SMILES string of the molecule is CN(C)C([C]1[CH][CH][CH][C]1P(C1CCCCC1)C1CCCCC1)c1ccccc1. The van der Waals surface area contributed by atoms with Crippen LogP contribution in [0.1, 0.15) is 75.8 Å². The zero-order valence-electron chi connectivity index (χ0n) is 17.8. The average Bonchev–Trinajstić information content (AvgIpc) is 3.19. The third kappa shape index (κ3) is 4.67. The minimum Gasteiger partial charge on any atom is -0.302 e. The zero-order chi connectivity index (χ0) is 19.3. The van der Waals surface area contributed by atoms with Crippen molar-refractivity contribution in [2.45, 2.75) is 81.6 Å². The van der Waals surface area contributed by atoms with E-state index in [1.807, 2.05) is 0 Å². The molecule has 0 aliphatic heterocycles. The Balaban J connectivity index is 1.62. The van der Waals surface area contributed by atoms with E-state index < -0.39 is 0 Å². The lowest BCUT2D eigenvalue weighted by Gasteiger charge is -2.45.